The van der Waals surface area contributed by atoms with Crippen molar-refractivity contribution >= 4 is 28.4 Å². The van der Waals surface area contributed by atoms with E-state index < -0.39 is 5.24 Å². The monoisotopic (exact) mass is 223 g/mol. The van der Waals surface area contributed by atoms with Crippen LogP contribution in [0.25, 0.3) is 0 Å². The van der Waals surface area contributed by atoms with Gasteiger partial charge in [-0.25, -0.2) is 0 Å². The second-order valence-electron chi connectivity index (χ2n) is 3.55. The van der Waals surface area contributed by atoms with Gasteiger partial charge in [0.05, 0.1) is 5.92 Å². The lowest BCUT2D eigenvalue weighted by Crippen LogP contribution is -2.24. The van der Waals surface area contributed by atoms with Gasteiger partial charge in [0, 0.05) is 18.7 Å². The van der Waals surface area contributed by atoms with Gasteiger partial charge < -0.3 is 4.90 Å². The number of benzene rings is 1. The summed E-state index contributed by atoms with van der Waals surface area (Å²) in [5.41, 5.74) is 0.822. The molecule has 0 radical (unpaired) electrons. The van der Waals surface area contributed by atoms with Crippen LogP contribution in [-0.4, -0.2) is 17.7 Å². The number of halogens is 1. The quantitative estimate of drug-likeness (QED) is 0.717. The highest BCUT2D eigenvalue weighted by Crippen LogP contribution is 2.25. The van der Waals surface area contributed by atoms with Crippen molar-refractivity contribution in [3.05, 3.63) is 30.3 Å². The molecule has 1 aromatic rings. The summed E-state index contributed by atoms with van der Waals surface area (Å²) in [6, 6.07) is 9.29. The molecule has 1 aromatic carbocycles. The van der Waals surface area contributed by atoms with Gasteiger partial charge in [0.1, 0.15) is 0 Å². The molecule has 1 fully saturated rings. The smallest absolute Gasteiger partial charge is 0.227 e. The van der Waals surface area contributed by atoms with Crippen LogP contribution in [0.1, 0.15) is 6.42 Å². The Morgan fingerprint density at radius 1 is 1.33 bits per heavy atom. The third kappa shape index (κ3) is 2.02. The molecule has 1 heterocycles. The zero-order valence-corrected chi connectivity index (χ0v) is 8.78. The van der Waals surface area contributed by atoms with E-state index in [0.29, 0.717) is 6.54 Å². The van der Waals surface area contributed by atoms with E-state index in [1.54, 1.807) is 4.90 Å². The van der Waals surface area contributed by atoms with Gasteiger partial charge in [0.15, 0.2) is 0 Å². The van der Waals surface area contributed by atoms with Gasteiger partial charge >= 0.3 is 0 Å². The maximum Gasteiger partial charge on any atom is 0.227 e. The molecule has 1 atom stereocenters. The zero-order chi connectivity index (χ0) is 10.8. The number of hydrogen-bond acceptors (Lipinski definition) is 2. The SMILES string of the molecule is O=C(Cl)C1CC(=O)N(c2ccccc2)C1. The first-order valence-corrected chi connectivity index (χ1v) is 5.11. The molecule has 1 amide bonds. The van der Waals surface area contributed by atoms with Crippen molar-refractivity contribution in [3.8, 4) is 0 Å². The van der Waals surface area contributed by atoms with Crippen molar-refractivity contribution < 1.29 is 9.59 Å². The van der Waals surface area contributed by atoms with Crippen LogP contribution in [-0.2, 0) is 9.59 Å². The summed E-state index contributed by atoms with van der Waals surface area (Å²) in [5.74, 6) is -0.403. The van der Waals surface area contributed by atoms with Crippen molar-refractivity contribution in [1.29, 1.82) is 0 Å². The number of rotatable bonds is 2. The second-order valence-corrected chi connectivity index (χ2v) is 3.92. The van der Waals surface area contributed by atoms with E-state index in [-0.39, 0.29) is 18.2 Å². The fourth-order valence-corrected chi connectivity index (χ4v) is 1.86. The average Bonchev–Trinajstić information content (AvgIpc) is 2.62. The molecule has 1 unspecified atom stereocenters. The Balaban J connectivity index is 2.19. The second kappa shape index (κ2) is 4.03. The van der Waals surface area contributed by atoms with E-state index in [1.165, 1.54) is 0 Å². The third-order valence-electron chi connectivity index (χ3n) is 2.51. The highest BCUT2D eigenvalue weighted by molar-refractivity contribution is 6.64. The summed E-state index contributed by atoms with van der Waals surface area (Å²) in [6.45, 7) is 0.394. The van der Waals surface area contributed by atoms with Gasteiger partial charge in [-0.1, -0.05) is 18.2 Å². The lowest BCUT2D eigenvalue weighted by molar-refractivity contribution is -0.120. The van der Waals surface area contributed by atoms with Gasteiger partial charge in [0.2, 0.25) is 11.1 Å². The number of hydrogen-bond donors (Lipinski definition) is 0. The summed E-state index contributed by atoms with van der Waals surface area (Å²) in [5, 5.41) is -0.429. The van der Waals surface area contributed by atoms with Crippen molar-refractivity contribution in [2.75, 3.05) is 11.4 Å². The molecule has 1 aliphatic heterocycles. The van der Waals surface area contributed by atoms with E-state index >= 15 is 0 Å². The molecular weight excluding hydrogens is 214 g/mol. The van der Waals surface area contributed by atoms with Gasteiger partial charge in [-0.15, -0.1) is 0 Å². The minimum Gasteiger partial charge on any atom is -0.312 e. The van der Waals surface area contributed by atoms with Gasteiger partial charge in [0.25, 0.3) is 0 Å². The number of carbonyl (C=O) groups is 2. The minimum atomic E-state index is -0.429. The van der Waals surface area contributed by atoms with Crippen LogP contribution in [0, 0.1) is 5.92 Å². The number of anilines is 1. The van der Waals surface area contributed by atoms with Gasteiger partial charge in [-0.3, -0.25) is 9.59 Å². The summed E-state index contributed by atoms with van der Waals surface area (Å²) < 4.78 is 0. The van der Waals surface area contributed by atoms with Crippen molar-refractivity contribution in [3.63, 3.8) is 0 Å². The Kier molecular flexibility index (Phi) is 2.73. The molecule has 0 bridgehead atoms. The predicted octanol–water partition coefficient (Wildman–Crippen LogP) is 1.80. The van der Waals surface area contributed by atoms with E-state index in [4.69, 9.17) is 11.6 Å². The van der Waals surface area contributed by atoms with E-state index in [0.717, 1.165) is 5.69 Å². The first-order chi connectivity index (χ1) is 7.18. The third-order valence-corrected chi connectivity index (χ3v) is 2.82. The Morgan fingerprint density at radius 2 is 2.00 bits per heavy atom. The molecule has 0 aromatic heterocycles. The highest BCUT2D eigenvalue weighted by Gasteiger charge is 2.33. The number of para-hydroxylation sites is 1. The van der Waals surface area contributed by atoms with Crippen LogP contribution in [0.5, 0.6) is 0 Å². The van der Waals surface area contributed by atoms with Crippen LogP contribution in [0.2, 0.25) is 0 Å². The fourth-order valence-electron chi connectivity index (χ4n) is 1.72. The minimum absolute atomic E-state index is 0.0415. The maximum atomic E-state index is 11.6. The molecule has 0 aliphatic carbocycles. The molecule has 0 spiro atoms. The fraction of sp³-hybridized carbons (Fsp3) is 0.273. The molecule has 4 heteroatoms. The first-order valence-electron chi connectivity index (χ1n) is 4.73. The summed E-state index contributed by atoms with van der Waals surface area (Å²) in [7, 11) is 0. The Hall–Kier alpha value is -1.35. The molecule has 15 heavy (non-hydrogen) atoms. The molecule has 0 N–H and O–H groups in total. The molecule has 2 rings (SSSR count). The first kappa shape index (κ1) is 10.2. The van der Waals surface area contributed by atoms with E-state index in [1.807, 2.05) is 30.3 Å². The van der Waals surface area contributed by atoms with Crippen LogP contribution in [0.4, 0.5) is 5.69 Å². The zero-order valence-electron chi connectivity index (χ0n) is 8.02. The number of carbonyl (C=O) groups excluding carboxylic acids is 2. The molecule has 78 valence electrons. The molecule has 1 saturated heterocycles. The molecular formula is C11H10ClNO2. The van der Waals surface area contributed by atoms with Crippen molar-refractivity contribution in [1.82, 2.24) is 0 Å². The Morgan fingerprint density at radius 3 is 2.53 bits per heavy atom. The van der Waals surface area contributed by atoms with Crippen molar-refractivity contribution in [2.45, 2.75) is 6.42 Å². The van der Waals surface area contributed by atoms with Gasteiger partial charge in [-0.05, 0) is 23.7 Å². The number of amides is 1. The average molecular weight is 224 g/mol. The van der Waals surface area contributed by atoms with Crippen LogP contribution in [0.3, 0.4) is 0 Å². The van der Waals surface area contributed by atoms with Crippen LogP contribution < -0.4 is 4.90 Å². The summed E-state index contributed by atoms with van der Waals surface area (Å²) in [4.78, 5) is 24.2. The Bertz CT molecular complexity index is 391. The summed E-state index contributed by atoms with van der Waals surface area (Å²) in [6.07, 6.45) is 0.219. The van der Waals surface area contributed by atoms with Crippen LogP contribution >= 0.6 is 11.6 Å². The normalized spacial score (nSPS) is 20.7. The van der Waals surface area contributed by atoms with Gasteiger partial charge in [-0.2, -0.15) is 0 Å². The maximum absolute atomic E-state index is 11.6. The van der Waals surface area contributed by atoms with E-state index in [2.05, 4.69) is 0 Å². The van der Waals surface area contributed by atoms with Crippen molar-refractivity contribution in [2.24, 2.45) is 5.92 Å². The predicted molar refractivity (Wildman–Crippen MR) is 57.8 cm³/mol. The number of nitrogens with zero attached hydrogens (tertiary/aromatic N) is 1. The van der Waals surface area contributed by atoms with Crippen LogP contribution in [0.15, 0.2) is 30.3 Å². The topological polar surface area (TPSA) is 37.4 Å². The molecule has 0 saturated carbocycles. The Labute approximate surface area is 92.6 Å². The lowest BCUT2D eigenvalue weighted by Gasteiger charge is -2.15. The highest BCUT2D eigenvalue weighted by atomic mass is 35.5. The molecule has 1 aliphatic rings. The summed E-state index contributed by atoms with van der Waals surface area (Å²) >= 11 is 5.38. The standard InChI is InChI=1S/C11H10ClNO2/c12-11(15)8-6-10(14)13(7-8)9-4-2-1-3-5-9/h1-5,8H,6-7H2. The largest absolute Gasteiger partial charge is 0.312 e. The lowest BCUT2D eigenvalue weighted by atomic mass is 10.1. The molecule has 3 nitrogen and oxygen atoms in total. The van der Waals surface area contributed by atoms with E-state index in [9.17, 15) is 9.59 Å².